The molecule has 0 radical (unpaired) electrons. The first kappa shape index (κ1) is 82.8. The number of unbranched alkanes of at least 4 members (excludes halogenated alkanes) is 4. The molecule has 0 bridgehead atoms. The third-order valence-corrected chi connectivity index (χ3v) is 18.4. The molecule has 0 saturated carbocycles. The van der Waals surface area contributed by atoms with Crippen molar-refractivity contribution in [1.82, 2.24) is 0 Å². The predicted molar refractivity (Wildman–Crippen MR) is 357 cm³/mol. The van der Waals surface area contributed by atoms with Crippen LogP contribution < -0.4 is 0 Å². The Labute approximate surface area is 543 Å². The molecule has 1 heterocycles. The number of rotatable bonds is 18. The number of benzene rings is 5. The summed E-state index contributed by atoms with van der Waals surface area (Å²) in [6, 6.07) is 44.7. The van der Waals surface area contributed by atoms with Crippen molar-refractivity contribution >= 4 is 56.1 Å². The molecule has 0 amide bonds. The molecule has 3 unspecified atom stereocenters. The summed E-state index contributed by atoms with van der Waals surface area (Å²) in [6.45, 7) is 20.6. The van der Waals surface area contributed by atoms with E-state index in [0.717, 1.165) is 49.7 Å². The first-order valence-electron chi connectivity index (χ1n) is 30.7. The molecule has 7 rings (SSSR count). The maximum atomic E-state index is 11.2. The standard InChI is InChI=1S/C11H14O2.C10H22O3Si.C10H12O2.C9H10O2.C9H18O2.C8H6O2.C8H12O2.C8H8O2/c1-9(11(12)13-2)8-10-6-4-3-5-7-10;1-8(9(11)12-5)13-14(6,7)10(2,3)4;1-8(2)12-10(11)9-6-4-3-5-7-9;1-11-9(10)7-8-5-3-2-4-6-8;1-3-4-5-6-7-8-9(10)11-2;9-8-7-4-2-1-3-6(7)5-10-8;2*1-10-8(9)7-5-3-2-4-6-7/h3-7,9H,8H2,1-2H3;8H,1-7H3;3-8H,1-2H3;2-6H,7H2,1H3;3-8H2,1-2H3;1-4H,5H2;2-3,7H,4-6H2,1H3;2-6H,1H3. The van der Waals surface area contributed by atoms with Crippen LogP contribution in [0.2, 0.25) is 18.1 Å². The van der Waals surface area contributed by atoms with Crippen molar-refractivity contribution in [2.24, 2.45) is 11.8 Å². The van der Waals surface area contributed by atoms with Gasteiger partial charge < -0.3 is 42.3 Å². The summed E-state index contributed by atoms with van der Waals surface area (Å²) >= 11 is 0. The SMILES string of the molecule is CC(C)OC(=O)c1ccccc1.CCCCCCCC(=O)OC.COC(=O)C(C)Cc1ccccc1.COC(=O)C(C)O[Si](C)(C)C(C)(C)C.COC(=O)C1CC=CCC1.COC(=O)Cc1ccccc1.COC(=O)c1ccccc1.O=C1OCc2ccccc21. The van der Waals surface area contributed by atoms with Gasteiger partial charge in [-0.05, 0) is 112 Å². The van der Waals surface area contributed by atoms with Crippen LogP contribution in [0.25, 0.3) is 0 Å². The summed E-state index contributed by atoms with van der Waals surface area (Å²) in [6.07, 6.45) is 14.0. The molecule has 5 aromatic rings. The largest absolute Gasteiger partial charge is 0.469 e. The van der Waals surface area contributed by atoms with Crippen LogP contribution in [-0.4, -0.2) is 111 Å². The Morgan fingerprint density at radius 1 is 0.560 bits per heavy atom. The Morgan fingerprint density at radius 3 is 1.51 bits per heavy atom. The molecular formula is C73H102O17Si. The van der Waals surface area contributed by atoms with Crippen LogP contribution in [0.15, 0.2) is 158 Å². The lowest BCUT2D eigenvalue weighted by Gasteiger charge is -2.37. The van der Waals surface area contributed by atoms with E-state index in [1.54, 1.807) is 49.4 Å². The van der Waals surface area contributed by atoms with Crippen molar-refractivity contribution in [1.29, 1.82) is 0 Å². The van der Waals surface area contributed by atoms with Crippen LogP contribution in [0.3, 0.4) is 0 Å². The highest BCUT2D eigenvalue weighted by Gasteiger charge is 2.39. The number of carbonyl (C=O) groups is 8. The third kappa shape index (κ3) is 38.2. The van der Waals surface area contributed by atoms with Crippen LogP contribution in [0, 0.1) is 11.8 Å². The Kier molecular flexibility index (Phi) is 44.2. The van der Waals surface area contributed by atoms with Crippen molar-refractivity contribution in [3.8, 4) is 0 Å². The number of hydrogen-bond donors (Lipinski definition) is 0. The molecule has 0 saturated heterocycles. The molecule has 5 aromatic carbocycles. The molecule has 91 heavy (non-hydrogen) atoms. The molecule has 18 heteroatoms. The van der Waals surface area contributed by atoms with Crippen molar-refractivity contribution in [2.75, 3.05) is 42.7 Å². The molecule has 0 aromatic heterocycles. The molecule has 500 valence electrons. The van der Waals surface area contributed by atoms with Crippen molar-refractivity contribution in [2.45, 2.75) is 163 Å². The summed E-state index contributed by atoms with van der Waals surface area (Å²) in [5, 5.41) is 0.120. The quantitative estimate of drug-likeness (QED) is 0.0262. The van der Waals surface area contributed by atoms with Gasteiger partial charge in [-0.15, -0.1) is 0 Å². The van der Waals surface area contributed by atoms with Crippen molar-refractivity contribution in [3.63, 3.8) is 0 Å². The van der Waals surface area contributed by atoms with E-state index in [9.17, 15) is 38.4 Å². The molecule has 1 aliphatic heterocycles. The first-order valence-corrected chi connectivity index (χ1v) is 33.6. The minimum absolute atomic E-state index is 0.0577. The number of allylic oxidation sites excluding steroid dienone is 2. The van der Waals surface area contributed by atoms with E-state index in [0.29, 0.717) is 36.1 Å². The fourth-order valence-electron chi connectivity index (χ4n) is 7.68. The zero-order valence-electron chi connectivity index (χ0n) is 56.7. The summed E-state index contributed by atoms with van der Waals surface area (Å²) in [5.41, 5.74) is 5.05. The molecule has 17 nitrogen and oxygen atoms in total. The molecule has 0 N–H and O–H groups in total. The number of fused-ring (bicyclic) bond motifs is 1. The minimum Gasteiger partial charge on any atom is -0.469 e. The lowest BCUT2D eigenvalue weighted by molar-refractivity contribution is -0.148. The fourth-order valence-corrected chi connectivity index (χ4v) is 9.02. The molecule has 0 spiro atoms. The average Bonchev–Trinajstić information content (AvgIpc) is 2.19. The maximum absolute atomic E-state index is 11.2. The van der Waals surface area contributed by atoms with Gasteiger partial charge in [0.15, 0.2) is 8.32 Å². The highest BCUT2D eigenvalue weighted by Crippen LogP contribution is 2.37. The minimum atomic E-state index is -1.85. The van der Waals surface area contributed by atoms with Crippen LogP contribution in [0.4, 0.5) is 0 Å². The second kappa shape index (κ2) is 48.6. The molecular weight excluding hydrogens is 1180 g/mol. The summed E-state index contributed by atoms with van der Waals surface area (Å²) < 4.78 is 43.0. The molecule has 0 fully saturated rings. The first-order chi connectivity index (χ1) is 43.2. The van der Waals surface area contributed by atoms with Crippen LogP contribution in [0.5, 0.6) is 0 Å². The second-order valence-corrected chi connectivity index (χ2v) is 27.3. The predicted octanol–water partition coefficient (Wildman–Crippen LogP) is 15.1. The van der Waals surface area contributed by atoms with Gasteiger partial charge in [-0.2, -0.15) is 0 Å². The Bertz CT molecular complexity index is 2850. The van der Waals surface area contributed by atoms with E-state index in [2.05, 4.69) is 75.3 Å². The number of cyclic esters (lactones) is 1. The summed E-state index contributed by atoms with van der Waals surface area (Å²) in [5.74, 6) is -1.48. The molecule has 1 aliphatic carbocycles. The van der Waals surface area contributed by atoms with E-state index in [-0.39, 0.29) is 70.7 Å². The van der Waals surface area contributed by atoms with Crippen LogP contribution >= 0.6 is 0 Å². The van der Waals surface area contributed by atoms with Crippen molar-refractivity contribution < 1.29 is 80.7 Å². The third-order valence-electron chi connectivity index (χ3n) is 13.9. The zero-order chi connectivity index (χ0) is 68.6. The van der Waals surface area contributed by atoms with Crippen LogP contribution in [0.1, 0.15) is 161 Å². The maximum Gasteiger partial charge on any atom is 0.338 e. The smallest absolute Gasteiger partial charge is 0.338 e. The van der Waals surface area contributed by atoms with E-state index in [1.807, 2.05) is 130 Å². The van der Waals surface area contributed by atoms with Gasteiger partial charge in [0.25, 0.3) is 0 Å². The van der Waals surface area contributed by atoms with E-state index < -0.39 is 14.4 Å². The van der Waals surface area contributed by atoms with Gasteiger partial charge in [-0.1, -0.05) is 188 Å². The summed E-state index contributed by atoms with van der Waals surface area (Å²) in [4.78, 5) is 87.4. The Hall–Kier alpha value is -8.22. The highest BCUT2D eigenvalue weighted by molar-refractivity contribution is 6.74. The van der Waals surface area contributed by atoms with Gasteiger partial charge in [0.1, 0.15) is 12.7 Å². The zero-order valence-corrected chi connectivity index (χ0v) is 57.7. The number of esters is 8. The van der Waals surface area contributed by atoms with Gasteiger partial charge in [-0.25, -0.2) is 19.2 Å². The number of carbonyl (C=O) groups excluding carboxylic acids is 8. The lowest BCUT2D eigenvalue weighted by atomic mass is 9.95. The normalized spacial score (nSPS) is 12.9. The highest BCUT2D eigenvalue weighted by atomic mass is 28.4. The number of ether oxygens (including phenoxy) is 8. The average molecular weight is 1280 g/mol. The van der Waals surface area contributed by atoms with E-state index in [1.165, 1.54) is 67.5 Å². The number of hydrogen-bond acceptors (Lipinski definition) is 17. The van der Waals surface area contributed by atoms with Gasteiger partial charge in [-0.3, -0.25) is 19.2 Å². The molecule has 2 aliphatic rings. The van der Waals surface area contributed by atoms with E-state index >= 15 is 0 Å². The van der Waals surface area contributed by atoms with Gasteiger partial charge in [0, 0.05) is 12.0 Å². The van der Waals surface area contributed by atoms with Crippen molar-refractivity contribution in [3.05, 3.63) is 191 Å². The Balaban J connectivity index is 0.00000102. The number of methoxy groups -OCH3 is 6. The molecule has 3 atom stereocenters. The lowest BCUT2D eigenvalue weighted by Crippen LogP contribution is -2.45. The second-order valence-electron chi connectivity index (χ2n) is 22.6. The fraction of sp³-hybridized carbons (Fsp3) is 0.452. The summed E-state index contributed by atoms with van der Waals surface area (Å²) in [7, 11) is 6.60. The van der Waals surface area contributed by atoms with Gasteiger partial charge >= 0.3 is 47.8 Å². The van der Waals surface area contributed by atoms with E-state index in [4.69, 9.17) is 13.9 Å². The van der Waals surface area contributed by atoms with Gasteiger partial charge in [0.2, 0.25) is 0 Å². The topological polar surface area (TPSA) is 220 Å². The Morgan fingerprint density at radius 2 is 1.05 bits per heavy atom. The monoisotopic (exact) mass is 1280 g/mol. The van der Waals surface area contributed by atoms with Gasteiger partial charge in [0.05, 0.1) is 83.7 Å². The van der Waals surface area contributed by atoms with Crippen LogP contribution in [-0.2, 0) is 85.7 Å².